The Bertz CT molecular complexity index is 826. The summed E-state index contributed by atoms with van der Waals surface area (Å²) in [5.41, 5.74) is 3.78. The Balaban J connectivity index is 1.65. The van der Waals surface area contributed by atoms with Crippen LogP contribution in [-0.4, -0.2) is 42.8 Å². The van der Waals surface area contributed by atoms with Crippen molar-refractivity contribution in [2.24, 2.45) is 7.05 Å². The first-order valence-corrected chi connectivity index (χ1v) is 7.39. The molecule has 1 saturated heterocycles. The van der Waals surface area contributed by atoms with Crippen molar-refractivity contribution >= 4 is 17.0 Å². The van der Waals surface area contributed by atoms with Gasteiger partial charge in [-0.3, -0.25) is 0 Å². The SMILES string of the molecule is Cc1cc(N2CC[C@@H](c3nn(C)c4nccnc34)C2)ncn1. The second-order valence-electron chi connectivity index (χ2n) is 5.69. The lowest BCUT2D eigenvalue weighted by Gasteiger charge is -2.17. The number of hydrogen-bond donors (Lipinski definition) is 0. The van der Waals surface area contributed by atoms with Gasteiger partial charge in [0.2, 0.25) is 0 Å². The van der Waals surface area contributed by atoms with Crippen LogP contribution in [0.5, 0.6) is 0 Å². The second-order valence-corrected chi connectivity index (χ2v) is 5.69. The highest BCUT2D eigenvalue weighted by molar-refractivity contribution is 5.74. The minimum Gasteiger partial charge on any atom is -0.356 e. The third-order valence-electron chi connectivity index (χ3n) is 4.17. The highest BCUT2D eigenvalue weighted by atomic mass is 15.3. The molecule has 0 saturated carbocycles. The average Bonchev–Trinajstić information content (AvgIpc) is 3.13. The zero-order chi connectivity index (χ0) is 15.1. The van der Waals surface area contributed by atoms with Crippen LogP contribution in [0.3, 0.4) is 0 Å². The molecular weight excluding hydrogens is 278 g/mol. The molecule has 3 aromatic heterocycles. The van der Waals surface area contributed by atoms with Crippen LogP contribution in [0.2, 0.25) is 0 Å². The first-order valence-electron chi connectivity index (χ1n) is 7.39. The van der Waals surface area contributed by atoms with Crippen molar-refractivity contribution in [3.05, 3.63) is 36.2 Å². The molecule has 1 fully saturated rings. The maximum Gasteiger partial charge on any atom is 0.176 e. The van der Waals surface area contributed by atoms with E-state index in [-0.39, 0.29) is 0 Å². The maximum absolute atomic E-state index is 4.65. The van der Waals surface area contributed by atoms with Gasteiger partial charge in [-0.2, -0.15) is 5.10 Å². The molecule has 0 radical (unpaired) electrons. The Kier molecular flexibility index (Phi) is 2.99. The minimum atomic E-state index is 0.357. The number of hydrogen-bond acceptors (Lipinski definition) is 6. The zero-order valence-corrected chi connectivity index (χ0v) is 12.6. The van der Waals surface area contributed by atoms with Crippen LogP contribution < -0.4 is 4.90 Å². The van der Waals surface area contributed by atoms with Gasteiger partial charge in [-0.15, -0.1) is 0 Å². The molecule has 4 rings (SSSR count). The van der Waals surface area contributed by atoms with Crippen molar-refractivity contribution in [1.29, 1.82) is 0 Å². The molecule has 112 valence electrons. The largest absolute Gasteiger partial charge is 0.356 e. The summed E-state index contributed by atoms with van der Waals surface area (Å²) in [6.07, 6.45) is 6.11. The smallest absolute Gasteiger partial charge is 0.176 e. The monoisotopic (exact) mass is 295 g/mol. The molecule has 0 unspecified atom stereocenters. The van der Waals surface area contributed by atoms with E-state index in [1.165, 1.54) is 0 Å². The molecule has 4 heterocycles. The number of fused-ring (bicyclic) bond motifs is 1. The molecule has 1 aliphatic rings. The summed E-state index contributed by atoms with van der Waals surface area (Å²) in [5.74, 6) is 1.34. The molecule has 0 spiro atoms. The van der Waals surface area contributed by atoms with E-state index in [9.17, 15) is 0 Å². The van der Waals surface area contributed by atoms with E-state index in [1.54, 1.807) is 18.7 Å². The first-order chi connectivity index (χ1) is 10.7. The number of rotatable bonds is 2. The summed E-state index contributed by atoms with van der Waals surface area (Å²) in [6.45, 7) is 3.86. The van der Waals surface area contributed by atoms with E-state index in [0.717, 1.165) is 47.9 Å². The predicted molar refractivity (Wildman–Crippen MR) is 82.6 cm³/mol. The van der Waals surface area contributed by atoms with Crippen LogP contribution in [0.4, 0.5) is 5.82 Å². The van der Waals surface area contributed by atoms with Crippen LogP contribution in [0, 0.1) is 6.92 Å². The highest BCUT2D eigenvalue weighted by Crippen LogP contribution is 2.31. The number of anilines is 1. The van der Waals surface area contributed by atoms with Crippen LogP contribution in [0.25, 0.3) is 11.2 Å². The molecule has 1 aliphatic heterocycles. The Labute approximate surface area is 128 Å². The lowest BCUT2D eigenvalue weighted by atomic mass is 10.0. The van der Waals surface area contributed by atoms with Crippen molar-refractivity contribution in [2.75, 3.05) is 18.0 Å². The van der Waals surface area contributed by atoms with Gasteiger partial charge < -0.3 is 4.90 Å². The Morgan fingerprint density at radius 2 is 2.00 bits per heavy atom. The van der Waals surface area contributed by atoms with E-state index in [2.05, 4.69) is 29.9 Å². The highest BCUT2D eigenvalue weighted by Gasteiger charge is 2.29. The third kappa shape index (κ3) is 2.09. The summed E-state index contributed by atoms with van der Waals surface area (Å²) in [6, 6.07) is 2.03. The van der Waals surface area contributed by atoms with Crippen LogP contribution >= 0.6 is 0 Å². The Morgan fingerprint density at radius 3 is 2.86 bits per heavy atom. The number of nitrogens with zero attached hydrogens (tertiary/aromatic N) is 7. The molecule has 7 nitrogen and oxygen atoms in total. The standard InChI is InChI=1S/C15H17N7/c1-10-7-12(19-9-18-10)22-6-3-11(8-22)13-14-15(21(2)20-13)17-5-4-16-14/h4-5,7,9,11H,3,6,8H2,1-2H3/t11-/m1/s1. The minimum absolute atomic E-state index is 0.357. The molecular formula is C15H17N7. The van der Waals surface area contributed by atoms with Crippen molar-refractivity contribution in [2.45, 2.75) is 19.3 Å². The lowest BCUT2D eigenvalue weighted by Crippen LogP contribution is -2.20. The zero-order valence-electron chi connectivity index (χ0n) is 12.6. The molecule has 22 heavy (non-hydrogen) atoms. The van der Waals surface area contributed by atoms with E-state index in [4.69, 9.17) is 0 Å². The van der Waals surface area contributed by atoms with Gasteiger partial charge in [0.25, 0.3) is 0 Å². The molecule has 0 aliphatic carbocycles. The van der Waals surface area contributed by atoms with Gasteiger partial charge >= 0.3 is 0 Å². The first kappa shape index (κ1) is 13.1. The molecule has 0 aromatic carbocycles. The van der Waals surface area contributed by atoms with Crippen LogP contribution in [-0.2, 0) is 7.05 Å². The van der Waals surface area contributed by atoms with Gasteiger partial charge in [0.15, 0.2) is 5.65 Å². The molecule has 0 amide bonds. The lowest BCUT2D eigenvalue weighted by molar-refractivity contribution is 0.692. The van der Waals surface area contributed by atoms with E-state index in [0.29, 0.717) is 5.92 Å². The summed E-state index contributed by atoms with van der Waals surface area (Å²) in [4.78, 5) is 19.7. The van der Waals surface area contributed by atoms with Gasteiger partial charge in [-0.25, -0.2) is 24.6 Å². The fraction of sp³-hybridized carbons (Fsp3) is 0.400. The summed E-state index contributed by atoms with van der Waals surface area (Å²) < 4.78 is 1.81. The Morgan fingerprint density at radius 1 is 1.14 bits per heavy atom. The van der Waals surface area contributed by atoms with Crippen LogP contribution in [0.1, 0.15) is 23.7 Å². The molecule has 0 N–H and O–H groups in total. The van der Waals surface area contributed by atoms with Gasteiger partial charge in [-0.1, -0.05) is 0 Å². The quantitative estimate of drug-likeness (QED) is 0.712. The van der Waals surface area contributed by atoms with Crippen LogP contribution in [0.15, 0.2) is 24.8 Å². The Hall–Kier alpha value is -2.57. The molecule has 7 heteroatoms. The van der Waals surface area contributed by atoms with Gasteiger partial charge in [-0.05, 0) is 13.3 Å². The van der Waals surface area contributed by atoms with Crippen molar-refractivity contribution in [1.82, 2.24) is 29.7 Å². The molecule has 3 aromatic rings. The fourth-order valence-corrected chi connectivity index (χ4v) is 3.08. The predicted octanol–water partition coefficient (Wildman–Crippen LogP) is 1.46. The van der Waals surface area contributed by atoms with E-state index < -0.39 is 0 Å². The molecule has 1 atom stereocenters. The third-order valence-corrected chi connectivity index (χ3v) is 4.17. The second kappa shape index (κ2) is 5.01. The topological polar surface area (TPSA) is 72.6 Å². The fourth-order valence-electron chi connectivity index (χ4n) is 3.08. The van der Waals surface area contributed by atoms with Crippen molar-refractivity contribution in [3.63, 3.8) is 0 Å². The number of aryl methyl sites for hydroxylation is 2. The van der Waals surface area contributed by atoms with Gasteiger partial charge in [0.05, 0.1) is 5.69 Å². The average molecular weight is 295 g/mol. The summed E-state index contributed by atoms with van der Waals surface area (Å²) >= 11 is 0. The van der Waals surface area contributed by atoms with E-state index >= 15 is 0 Å². The normalized spacial score (nSPS) is 18.3. The van der Waals surface area contributed by atoms with Gasteiger partial charge in [0, 0.05) is 50.2 Å². The summed E-state index contributed by atoms with van der Waals surface area (Å²) in [5, 5.41) is 4.65. The summed E-state index contributed by atoms with van der Waals surface area (Å²) in [7, 11) is 1.92. The van der Waals surface area contributed by atoms with Gasteiger partial charge in [0.1, 0.15) is 17.7 Å². The van der Waals surface area contributed by atoms with Crippen molar-refractivity contribution in [3.8, 4) is 0 Å². The maximum atomic E-state index is 4.65. The van der Waals surface area contributed by atoms with E-state index in [1.807, 2.05) is 24.7 Å². The number of aromatic nitrogens is 6. The molecule has 0 bridgehead atoms. The van der Waals surface area contributed by atoms with Crippen molar-refractivity contribution < 1.29 is 0 Å².